The molecule has 0 aromatic rings. The number of carbonyl (C=O) groups is 2. The monoisotopic (exact) mass is 196 g/mol. The van der Waals surface area contributed by atoms with Gasteiger partial charge in [-0.25, -0.2) is 0 Å². The maximum Gasteiger partial charge on any atom is 0.305 e. The van der Waals surface area contributed by atoms with Crippen LogP contribution in [0.25, 0.3) is 0 Å². The predicted molar refractivity (Wildman–Crippen MR) is 50.6 cm³/mol. The van der Waals surface area contributed by atoms with E-state index in [-0.39, 0.29) is 11.9 Å². The minimum atomic E-state index is -0.130. The van der Waals surface area contributed by atoms with E-state index in [0.29, 0.717) is 24.0 Å². The average molecular weight is 196 g/mol. The summed E-state index contributed by atoms with van der Waals surface area (Å²) in [6.07, 6.45) is 4.24. The van der Waals surface area contributed by atoms with E-state index in [1.54, 1.807) is 0 Å². The molecule has 0 heterocycles. The Bertz CT molecular complexity index is 259. The Morgan fingerprint density at radius 2 is 2.21 bits per heavy atom. The molecule has 0 aromatic carbocycles. The normalized spacial score (nSPS) is 35.8. The molecule has 0 N–H and O–H groups in total. The van der Waals surface area contributed by atoms with Gasteiger partial charge in [0.2, 0.25) is 0 Å². The molecule has 0 radical (unpaired) electrons. The Morgan fingerprint density at radius 1 is 1.43 bits per heavy atom. The number of ether oxygens (including phenoxy) is 1. The van der Waals surface area contributed by atoms with Crippen molar-refractivity contribution in [3.8, 4) is 0 Å². The second-order valence-corrected chi connectivity index (χ2v) is 4.39. The van der Waals surface area contributed by atoms with Gasteiger partial charge in [-0.05, 0) is 31.1 Å². The predicted octanol–water partition coefficient (Wildman–Crippen LogP) is 1.55. The van der Waals surface area contributed by atoms with Gasteiger partial charge in [0.05, 0.1) is 7.11 Å². The lowest BCUT2D eigenvalue weighted by Crippen LogP contribution is -2.16. The number of rotatable bonds is 2. The summed E-state index contributed by atoms with van der Waals surface area (Å²) in [6, 6.07) is 0. The Hall–Kier alpha value is -0.860. The fraction of sp³-hybridized carbons (Fsp3) is 0.818. The summed E-state index contributed by atoms with van der Waals surface area (Å²) in [5.74, 6) is 1.43. The van der Waals surface area contributed by atoms with Crippen LogP contribution in [0.2, 0.25) is 0 Å². The molecule has 2 aliphatic rings. The summed E-state index contributed by atoms with van der Waals surface area (Å²) in [4.78, 5) is 22.6. The highest BCUT2D eigenvalue weighted by atomic mass is 16.5. The van der Waals surface area contributed by atoms with E-state index in [0.717, 1.165) is 25.7 Å². The Labute approximate surface area is 83.8 Å². The maximum absolute atomic E-state index is 11.4. The molecule has 1 unspecified atom stereocenters. The third-order valence-electron chi connectivity index (χ3n) is 3.76. The van der Waals surface area contributed by atoms with Gasteiger partial charge in [-0.15, -0.1) is 0 Å². The lowest BCUT2D eigenvalue weighted by atomic mass is 9.89. The number of hydrogen-bond donors (Lipinski definition) is 0. The number of esters is 1. The van der Waals surface area contributed by atoms with Crippen LogP contribution in [0.5, 0.6) is 0 Å². The molecule has 3 heteroatoms. The Kier molecular flexibility index (Phi) is 2.57. The Morgan fingerprint density at radius 3 is 2.93 bits per heavy atom. The van der Waals surface area contributed by atoms with Gasteiger partial charge in [0, 0.05) is 18.8 Å². The van der Waals surface area contributed by atoms with Gasteiger partial charge in [-0.3, -0.25) is 9.59 Å². The highest BCUT2D eigenvalue weighted by Crippen LogP contribution is 2.46. The molecule has 0 aliphatic heterocycles. The van der Waals surface area contributed by atoms with Crippen LogP contribution in [0.3, 0.4) is 0 Å². The van der Waals surface area contributed by atoms with Crippen molar-refractivity contribution in [3.05, 3.63) is 0 Å². The molecule has 14 heavy (non-hydrogen) atoms. The minimum absolute atomic E-state index is 0.130. The number of ketones is 1. The van der Waals surface area contributed by atoms with E-state index in [1.165, 1.54) is 7.11 Å². The number of fused-ring (bicyclic) bond motifs is 1. The number of methoxy groups -OCH3 is 1. The zero-order valence-corrected chi connectivity index (χ0v) is 8.49. The van der Waals surface area contributed by atoms with Crippen LogP contribution in [-0.2, 0) is 14.3 Å². The maximum atomic E-state index is 11.4. The fourth-order valence-corrected chi connectivity index (χ4v) is 3.03. The van der Waals surface area contributed by atoms with Crippen LogP contribution in [0.4, 0.5) is 0 Å². The van der Waals surface area contributed by atoms with Gasteiger partial charge >= 0.3 is 5.97 Å². The molecule has 0 saturated heterocycles. The largest absolute Gasteiger partial charge is 0.469 e. The minimum Gasteiger partial charge on any atom is -0.469 e. The lowest BCUT2D eigenvalue weighted by molar-refractivity contribution is -0.142. The van der Waals surface area contributed by atoms with Crippen molar-refractivity contribution in [3.63, 3.8) is 0 Å². The summed E-state index contributed by atoms with van der Waals surface area (Å²) in [5, 5.41) is 0. The van der Waals surface area contributed by atoms with Crippen molar-refractivity contribution in [2.24, 2.45) is 17.8 Å². The lowest BCUT2D eigenvalue weighted by Gasteiger charge is -2.15. The van der Waals surface area contributed by atoms with E-state index in [2.05, 4.69) is 4.74 Å². The third kappa shape index (κ3) is 1.56. The summed E-state index contributed by atoms with van der Waals surface area (Å²) >= 11 is 0. The van der Waals surface area contributed by atoms with Crippen molar-refractivity contribution in [1.82, 2.24) is 0 Å². The standard InChI is InChI=1S/C11H16O3/c1-14-11(13)6-7-2-3-9-8(7)4-5-10(9)12/h7-9H,2-6H2,1H3/t7?,8-,9+/m0/s1. The SMILES string of the molecule is COC(=O)CC1CC[C@H]2C(=O)CC[C@@H]12. The first-order valence-electron chi connectivity index (χ1n) is 5.32. The molecule has 3 nitrogen and oxygen atoms in total. The highest BCUT2D eigenvalue weighted by Gasteiger charge is 2.44. The summed E-state index contributed by atoms with van der Waals surface area (Å²) in [6.45, 7) is 0. The molecule has 0 bridgehead atoms. The van der Waals surface area contributed by atoms with Crippen LogP contribution >= 0.6 is 0 Å². The zero-order chi connectivity index (χ0) is 10.1. The summed E-state index contributed by atoms with van der Waals surface area (Å²) in [5.41, 5.74) is 0. The van der Waals surface area contributed by atoms with Gasteiger partial charge < -0.3 is 4.74 Å². The molecule has 0 spiro atoms. The fourth-order valence-electron chi connectivity index (χ4n) is 3.03. The molecular weight excluding hydrogens is 180 g/mol. The van der Waals surface area contributed by atoms with E-state index < -0.39 is 0 Å². The van der Waals surface area contributed by atoms with Gasteiger partial charge in [-0.2, -0.15) is 0 Å². The summed E-state index contributed by atoms with van der Waals surface area (Å²) < 4.78 is 4.66. The van der Waals surface area contributed by atoms with Crippen molar-refractivity contribution < 1.29 is 14.3 Å². The molecule has 2 saturated carbocycles. The van der Waals surface area contributed by atoms with E-state index in [4.69, 9.17) is 0 Å². The van der Waals surface area contributed by atoms with Crippen LogP contribution in [0.1, 0.15) is 32.1 Å². The van der Waals surface area contributed by atoms with Gasteiger partial charge in [0.25, 0.3) is 0 Å². The molecule has 2 aliphatic carbocycles. The molecule has 0 amide bonds. The van der Waals surface area contributed by atoms with Gasteiger partial charge in [-0.1, -0.05) is 0 Å². The average Bonchev–Trinajstić information content (AvgIpc) is 2.72. The van der Waals surface area contributed by atoms with Crippen LogP contribution in [-0.4, -0.2) is 18.9 Å². The first kappa shape index (κ1) is 9.69. The summed E-state index contributed by atoms with van der Waals surface area (Å²) in [7, 11) is 1.43. The van der Waals surface area contributed by atoms with Gasteiger partial charge in [0.15, 0.2) is 0 Å². The number of carbonyl (C=O) groups excluding carboxylic acids is 2. The molecule has 0 aromatic heterocycles. The smallest absolute Gasteiger partial charge is 0.305 e. The molecule has 78 valence electrons. The number of Topliss-reactive ketones (excluding diaryl/α,β-unsaturated/α-hetero) is 1. The van der Waals surface area contributed by atoms with Gasteiger partial charge in [0.1, 0.15) is 5.78 Å². The highest BCUT2D eigenvalue weighted by molar-refractivity contribution is 5.84. The van der Waals surface area contributed by atoms with Crippen molar-refractivity contribution in [1.29, 1.82) is 0 Å². The number of hydrogen-bond acceptors (Lipinski definition) is 3. The second kappa shape index (κ2) is 3.71. The topological polar surface area (TPSA) is 43.4 Å². The van der Waals surface area contributed by atoms with Crippen LogP contribution < -0.4 is 0 Å². The first-order chi connectivity index (χ1) is 6.72. The molecular formula is C11H16O3. The molecule has 3 atom stereocenters. The van der Waals surface area contributed by atoms with E-state index in [9.17, 15) is 9.59 Å². The van der Waals surface area contributed by atoms with E-state index in [1.807, 2.05) is 0 Å². The molecule has 2 fully saturated rings. The van der Waals surface area contributed by atoms with E-state index >= 15 is 0 Å². The quantitative estimate of drug-likeness (QED) is 0.629. The third-order valence-corrected chi connectivity index (χ3v) is 3.76. The molecule has 2 rings (SSSR count). The zero-order valence-electron chi connectivity index (χ0n) is 8.49. The Balaban J connectivity index is 1.96. The second-order valence-electron chi connectivity index (χ2n) is 4.39. The van der Waals surface area contributed by atoms with Crippen molar-refractivity contribution in [2.45, 2.75) is 32.1 Å². The van der Waals surface area contributed by atoms with Crippen molar-refractivity contribution >= 4 is 11.8 Å². The van der Waals surface area contributed by atoms with Crippen LogP contribution in [0.15, 0.2) is 0 Å². The van der Waals surface area contributed by atoms with Crippen molar-refractivity contribution in [2.75, 3.05) is 7.11 Å². The first-order valence-corrected chi connectivity index (χ1v) is 5.32. The van der Waals surface area contributed by atoms with Crippen LogP contribution in [0, 0.1) is 17.8 Å².